The quantitative estimate of drug-likeness (QED) is 0.124. The molecule has 0 heterocycles. The number of carbonyl (C=O) groups excluding carboxylic acids is 4. The van der Waals surface area contributed by atoms with E-state index in [0.717, 1.165) is 5.56 Å². The predicted molar refractivity (Wildman–Crippen MR) is 139 cm³/mol. The van der Waals surface area contributed by atoms with Gasteiger partial charge in [-0.25, -0.2) is 4.79 Å². The average molecular weight is 558 g/mol. The molecule has 4 unspecified atom stereocenters. The van der Waals surface area contributed by atoms with Gasteiger partial charge in [-0.05, 0) is 29.7 Å². The third-order valence-corrected chi connectivity index (χ3v) is 5.68. The molecule has 214 valence electrons. The average Bonchev–Trinajstić information content (AvgIpc) is 2.88. The molecule has 0 aliphatic heterocycles. The molecule has 4 atom stereocenters. The van der Waals surface area contributed by atoms with Gasteiger partial charge in [-0.1, -0.05) is 42.5 Å². The maximum atomic E-state index is 12.9. The van der Waals surface area contributed by atoms with Crippen molar-refractivity contribution in [2.45, 2.75) is 49.9 Å². The molecule has 0 saturated carbocycles. The van der Waals surface area contributed by atoms with Gasteiger partial charge in [0.05, 0.1) is 18.9 Å². The summed E-state index contributed by atoms with van der Waals surface area (Å²) in [5, 5.41) is 34.8. The van der Waals surface area contributed by atoms with Crippen LogP contribution in [-0.4, -0.2) is 75.1 Å². The lowest BCUT2D eigenvalue weighted by Crippen LogP contribution is -2.58. The van der Waals surface area contributed by atoms with Crippen molar-refractivity contribution in [2.24, 2.45) is 11.5 Å². The number of hydrogen-bond donors (Lipinski definition) is 8. The lowest BCUT2D eigenvalue weighted by Gasteiger charge is -2.24. The fourth-order valence-electron chi connectivity index (χ4n) is 3.65. The highest BCUT2D eigenvalue weighted by Crippen LogP contribution is 2.12. The number of aliphatic carboxylic acids is 2. The van der Waals surface area contributed by atoms with Crippen LogP contribution in [0.3, 0.4) is 0 Å². The molecule has 40 heavy (non-hydrogen) atoms. The normalized spacial score (nSPS) is 13.6. The first-order chi connectivity index (χ1) is 18.8. The molecule has 0 radical (unpaired) electrons. The highest BCUT2D eigenvalue weighted by molar-refractivity contribution is 5.97. The molecule has 0 saturated heterocycles. The summed E-state index contributed by atoms with van der Waals surface area (Å²) in [4.78, 5) is 73.2. The second kappa shape index (κ2) is 14.8. The van der Waals surface area contributed by atoms with Gasteiger partial charge in [0.15, 0.2) is 0 Å². The van der Waals surface area contributed by atoms with Gasteiger partial charge in [0.1, 0.15) is 23.9 Å². The number of carboxylic acids is 2. The summed E-state index contributed by atoms with van der Waals surface area (Å²) in [6, 6.07) is 8.28. The van der Waals surface area contributed by atoms with Crippen LogP contribution in [0.25, 0.3) is 0 Å². The van der Waals surface area contributed by atoms with Crippen molar-refractivity contribution in [2.75, 3.05) is 0 Å². The van der Waals surface area contributed by atoms with Gasteiger partial charge < -0.3 is 42.7 Å². The topological polar surface area (TPSA) is 251 Å². The molecule has 14 nitrogen and oxygen atoms in total. The van der Waals surface area contributed by atoms with Crippen LogP contribution in [0, 0.1) is 0 Å². The van der Waals surface area contributed by atoms with Crippen LogP contribution in [0.1, 0.15) is 24.0 Å². The molecule has 4 amide bonds. The summed E-state index contributed by atoms with van der Waals surface area (Å²) in [7, 11) is 0. The maximum absolute atomic E-state index is 12.9. The predicted octanol–water partition coefficient (Wildman–Crippen LogP) is -1.61. The smallest absolute Gasteiger partial charge is 0.326 e. The summed E-state index contributed by atoms with van der Waals surface area (Å²) in [6.45, 7) is 0. The number of aromatic hydroxyl groups is 1. The first-order valence-corrected chi connectivity index (χ1v) is 12.1. The molecule has 0 fully saturated rings. The van der Waals surface area contributed by atoms with Crippen molar-refractivity contribution in [3.8, 4) is 5.75 Å². The highest BCUT2D eigenvalue weighted by atomic mass is 16.4. The lowest BCUT2D eigenvalue weighted by molar-refractivity contribution is -0.143. The molecule has 0 spiro atoms. The van der Waals surface area contributed by atoms with Gasteiger partial charge in [-0.2, -0.15) is 0 Å². The Bertz CT molecular complexity index is 1220. The summed E-state index contributed by atoms with van der Waals surface area (Å²) in [5.41, 5.74) is 12.3. The largest absolute Gasteiger partial charge is 0.508 e. The number of amides is 4. The van der Waals surface area contributed by atoms with Crippen molar-refractivity contribution in [3.63, 3.8) is 0 Å². The molecular formula is C26H31N5O9. The Labute approximate surface area is 228 Å². The minimum atomic E-state index is -1.77. The Morgan fingerprint density at radius 3 is 1.70 bits per heavy atom. The minimum Gasteiger partial charge on any atom is -0.508 e. The molecule has 0 aliphatic rings. The van der Waals surface area contributed by atoms with E-state index in [9.17, 15) is 44.1 Å². The second-order valence-electron chi connectivity index (χ2n) is 8.96. The van der Waals surface area contributed by atoms with Crippen molar-refractivity contribution < 1.29 is 44.1 Å². The Balaban J connectivity index is 2.14. The molecule has 2 rings (SSSR count). The Morgan fingerprint density at radius 1 is 0.675 bits per heavy atom. The number of benzene rings is 2. The van der Waals surface area contributed by atoms with E-state index in [-0.39, 0.29) is 18.6 Å². The number of nitrogens with two attached hydrogens (primary N) is 2. The minimum absolute atomic E-state index is 0.0532. The van der Waals surface area contributed by atoms with Crippen molar-refractivity contribution in [1.82, 2.24) is 16.0 Å². The van der Waals surface area contributed by atoms with Crippen LogP contribution in [0.4, 0.5) is 0 Å². The van der Waals surface area contributed by atoms with E-state index in [1.165, 1.54) is 24.3 Å². The van der Waals surface area contributed by atoms with Crippen molar-refractivity contribution in [1.29, 1.82) is 0 Å². The van der Waals surface area contributed by atoms with E-state index in [1.54, 1.807) is 30.3 Å². The lowest BCUT2D eigenvalue weighted by atomic mass is 10.0. The fourth-order valence-corrected chi connectivity index (χ4v) is 3.65. The van der Waals surface area contributed by atoms with E-state index in [0.29, 0.717) is 5.56 Å². The number of rotatable bonds is 15. The zero-order chi connectivity index (χ0) is 29.8. The van der Waals surface area contributed by atoms with E-state index < -0.39 is 72.6 Å². The van der Waals surface area contributed by atoms with Gasteiger partial charge >= 0.3 is 11.9 Å². The van der Waals surface area contributed by atoms with E-state index in [4.69, 9.17) is 11.5 Å². The number of nitrogens with one attached hydrogen (secondary N) is 3. The van der Waals surface area contributed by atoms with E-state index >= 15 is 0 Å². The number of phenolic OH excluding ortho intramolecular Hbond substituents is 1. The first-order valence-electron chi connectivity index (χ1n) is 12.1. The number of hydrogen-bond acceptors (Lipinski definition) is 8. The second-order valence-corrected chi connectivity index (χ2v) is 8.96. The molecule has 14 heteroatoms. The third-order valence-electron chi connectivity index (χ3n) is 5.68. The summed E-state index contributed by atoms with van der Waals surface area (Å²) < 4.78 is 0. The molecular weight excluding hydrogens is 526 g/mol. The Hall–Kier alpha value is -4.98. The number of phenols is 1. The van der Waals surface area contributed by atoms with E-state index in [1.807, 2.05) is 0 Å². The van der Waals surface area contributed by atoms with Gasteiger partial charge in [-0.15, -0.1) is 0 Å². The molecule has 2 aromatic rings. The molecule has 10 N–H and O–H groups in total. The number of carbonyl (C=O) groups is 6. The Morgan fingerprint density at radius 2 is 1.18 bits per heavy atom. The molecule has 2 aromatic carbocycles. The van der Waals surface area contributed by atoms with Crippen LogP contribution in [0.15, 0.2) is 54.6 Å². The summed E-state index contributed by atoms with van der Waals surface area (Å²) in [6.07, 6.45) is -1.72. The van der Waals surface area contributed by atoms with Crippen LogP contribution >= 0.6 is 0 Å². The monoisotopic (exact) mass is 557 g/mol. The zero-order valence-electron chi connectivity index (χ0n) is 21.3. The van der Waals surface area contributed by atoms with Gasteiger partial charge in [0.2, 0.25) is 23.6 Å². The first kappa shape index (κ1) is 31.2. The van der Waals surface area contributed by atoms with Crippen LogP contribution in [-0.2, 0) is 41.6 Å². The third kappa shape index (κ3) is 10.4. The van der Waals surface area contributed by atoms with Gasteiger partial charge in [0, 0.05) is 6.42 Å². The summed E-state index contributed by atoms with van der Waals surface area (Å²) >= 11 is 0. The van der Waals surface area contributed by atoms with Gasteiger partial charge in [-0.3, -0.25) is 24.0 Å². The van der Waals surface area contributed by atoms with Gasteiger partial charge in [0.25, 0.3) is 0 Å². The van der Waals surface area contributed by atoms with E-state index in [2.05, 4.69) is 16.0 Å². The van der Waals surface area contributed by atoms with Crippen LogP contribution in [0.5, 0.6) is 5.75 Å². The van der Waals surface area contributed by atoms with Crippen molar-refractivity contribution >= 4 is 35.6 Å². The maximum Gasteiger partial charge on any atom is 0.326 e. The SMILES string of the molecule is NC(=O)CC(NC(=O)C(N)Cc1ccccc1)C(=O)NC(CC(=O)O)C(=O)NC(Cc1ccc(O)cc1)C(=O)O. The van der Waals surface area contributed by atoms with Crippen LogP contribution in [0.2, 0.25) is 0 Å². The molecule has 0 bridgehead atoms. The number of primary amides is 1. The van der Waals surface area contributed by atoms with Crippen molar-refractivity contribution in [3.05, 3.63) is 65.7 Å². The fraction of sp³-hybridized carbons (Fsp3) is 0.308. The molecule has 0 aliphatic carbocycles. The number of carboxylic acid groups (broad SMARTS) is 2. The Kier molecular flexibility index (Phi) is 11.6. The zero-order valence-corrected chi connectivity index (χ0v) is 21.3. The summed E-state index contributed by atoms with van der Waals surface area (Å²) in [5.74, 6) is -7.00. The standard InChI is InChI=1S/C26H31N5O9/c27-17(10-14-4-2-1-3-5-14)23(36)29-18(12-21(28)33)24(37)30-19(13-22(34)35)25(38)31-20(26(39)40)11-15-6-8-16(32)9-7-15/h1-9,17-20,32H,10-13,27H2,(H2,28,33)(H,29,36)(H,30,37)(H,31,38)(H,34,35)(H,39,40). The van der Waals surface area contributed by atoms with Crippen LogP contribution < -0.4 is 27.4 Å². The highest BCUT2D eigenvalue weighted by Gasteiger charge is 2.32. The molecule has 0 aromatic heterocycles.